The van der Waals surface area contributed by atoms with E-state index in [1.54, 1.807) is 0 Å². The van der Waals surface area contributed by atoms with E-state index in [2.05, 4.69) is 82.8 Å². The van der Waals surface area contributed by atoms with E-state index in [0.29, 0.717) is 5.92 Å². The fraction of sp³-hybridized carbons (Fsp3) is 0.368. The molecular formula is C19H26. The highest BCUT2D eigenvalue weighted by Gasteiger charge is 2.30. The van der Waals surface area contributed by atoms with Gasteiger partial charge in [-0.25, -0.2) is 0 Å². The van der Waals surface area contributed by atoms with Gasteiger partial charge in [0.2, 0.25) is 0 Å². The van der Waals surface area contributed by atoms with Crippen molar-refractivity contribution in [3.63, 3.8) is 0 Å². The number of allylic oxidation sites excluding steroid dienone is 5. The zero-order chi connectivity index (χ0) is 14.3. The van der Waals surface area contributed by atoms with E-state index in [4.69, 9.17) is 0 Å². The highest BCUT2D eigenvalue weighted by molar-refractivity contribution is 5.38. The van der Waals surface area contributed by atoms with Crippen LogP contribution in [0.3, 0.4) is 0 Å². The quantitative estimate of drug-likeness (QED) is 0.555. The molecule has 0 spiro atoms. The van der Waals surface area contributed by atoms with Crippen molar-refractivity contribution < 1.29 is 0 Å². The van der Waals surface area contributed by atoms with Gasteiger partial charge in [-0.15, -0.1) is 0 Å². The third kappa shape index (κ3) is 3.96. The molecule has 1 unspecified atom stereocenters. The van der Waals surface area contributed by atoms with E-state index in [0.717, 1.165) is 6.42 Å². The molecule has 0 heteroatoms. The molecule has 0 N–H and O–H groups in total. The highest BCUT2D eigenvalue weighted by atomic mass is 14.3. The zero-order valence-electron chi connectivity index (χ0n) is 12.7. The smallest absolute Gasteiger partial charge is 0.0140 e. The maximum absolute atomic E-state index is 3.86. The lowest BCUT2D eigenvalue weighted by molar-refractivity contribution is 0.304. The topological polar surface area (TPSA) is 0 Å². The molecule has 0 bridgehead atoms. The first kappa shape index (κ1) is 15.5. The number of rotatable bonds is 6. The van der Waals surface area contributed by atoms with Crippen LogP contribution in [0.5, 0.6) is 0 Å². The summed E-state index contributed by atoms with van der Waals surface area (Å²) < 4.78 is 0. The van der Waals surface area contributed by atoms with Crippen LogP contribution in [0.15, 0.2) is 66.8 Å². The Bertz CT molecular complexity index is 446. The van der Waals surface area contributed by atoms with Gasteiger partial charge in [-0.1, -0.05) is 88.4 Å². The van der Waals surface area contributed by atoms with Gasteiger partial charge in [0.15, 0.2) is 0 Å². The Morgan fingerprint density at radius 2 is 1.89 bits per heavy atom. The van der Waals surface area contributed by atoms with Crippen molar-refractivity contribution in [3.05, 3.63) is 72.4 Å². The second kappa shape index (κ2) is 7.13. The first-order valence-corrected chi connectivity index (χ1v) is 7.07. The zero-order valence-corrected chi connectivity index (χ0v) is 12.7. The monoisotopic (exact) mass is 254 g/mol. The molecule has 1 aromatic rings. The molecular weight excluding hydrogens is 228 g/mol. The fourth-order valence-corrected chi connectivity index (χ4v) is 2.52. The van der Waals surface area contributed by atoms with Gasteiger partial charge in [-0.3, -0.25) is 0 Å². The Labute approximate surface area is 118 Å². The van der Waals surface area contributed by atoms with Crippen LogP contribution >= 0.6 is 0 Å². The normalized spacial score (nSPS) is 14.6. The van der Waals surface area contributed by atoms with Crippen LogP contribution in [0.1, 0.15) is 45.6 Å². The lowest BCUT2D eigenvalue weighted by atomic mass is 9.69. The van der Waals surface area contributed by atoms with Crippen LogP contribution in [0.2, 0.25) is 0 Å². The van der Waals surface area contributed by atoms with Crippen LogP contribution in [-0.4, -0.2) is 0 Å². The molecule has 0 saturated carbocycles. The molecule has 1 atom stereocenters. The average molecular weight is 254 g/mol. The second-order valence-electron chi connectivity index (χ2n) is 5.59. The van der Waals surface area contributed by atoms with E-state index in [1.807, 2.05) is 6.08 Å². The van der Waals surface area contributed by atoms with Crippen molar-refractivity contribution >= 4 is 0 Å². The predicted octanol–water partition coefficient (Wildman–Crippen LogP) is 5.89. The summed E-state index contributed by atoms with van der Waals surface area (Å²) in [5.41, 5.74) is 2.92. The molecule has 0 saturated heterocycles. The summed E-state index contributed by atoms with van der Waals surface area (Å²) in [5, 5.41) is 0. The van der Waals surface area contributed by atoms with Crippen molar-refractivity contribution in [2.45, 2.75) is 40.0 Å². The first-order valence-electron chi connectivity index (χ1n) is 7.07. The second-order valence-corrected chi connectivity index (χ2v) is 5.59. The van der Waals surface area contributed by atoms with Crippen molar-refractivity contribution in [2.75, 3.05) is 0 Å². The van der Waals surface area contributed by atoms with Gasteiger partial charge in [-0.2, -0.15) is 0 Å². The molecule has 0 nitrogen and oxygen atoms in total. The van der Waals surface area contributed by atoms with E-state index < -0.39 is 0 Å². The van der Waals surface area contributed by atoms with Crippen molar-refractivity contribution in [2.24, 2.45) is 5.41 Å². The third-order valence-electron chi connectivity index (χ3n) is 3.83. The number of hydrogen-bond donors (Lipinski definition) is 0. The van der Waals surface area contributed by atoms with Gasteiger partial charge in [0.1, 0.15) is 0 Å². The highest BCUT2D eigenvalue weighted by Crippen LogP contribution is 2.43. The minimum Gasteiger partial charge on any atom is -0.0991 e. The van der Waals surface area contributed by atoms with Crippen LogP contribution < -0.4 is 0 Å². The Hall–Kier alpha value is -1.56. The van der Waals surface area contributed by atoms with Crippen molar-refractivity contribution in [3.8, 4) is 0 Å². The molecule has 0 aliphatic heterocycles. The third-order valence-corrected chi connectivity index (χ3v) is 3.83. The van der Waals surface area contributed by atoms with Crippen LogP contribution in [-0.2, 0) is 0 Å². The fourth-order valence-electron chi connectivity index (χ4n) is 2.52. The molecule has 0 radical (unpaired) electrons. The summed E-state index contributed by atoms with van der Waals surface area (Å²) in [4.78, 5) is 0. The standard InChI is InChI=1S/C19H26/c1-6-12-16(13-7-2)18(19(4,5)8-3)17-14-10-9-11-15-17/h6-7,9-15,18H,1,8H2,2-5H3/b13-7-,16-12+. The van der Waals surface area contributed by atoms with Gasteiger partial charge in [0.05, 0.1) is 0 Å². The molecule has 0 aliphatic rings. The minimum absolute atomic E-state index is 0.218. The first-order chi connectivity index (χ1) is 9.06. The Morgan fingerprint density at radius 3 is 2.37 bits per heavy atom. The van der Waals surface area contributed by atoms with Crippen LogP contribution in [0, 0.1) is 5.41 Å². The van der Waals surface area contributed by atoms with E-state index in [-0.39, 0.29) is 5.41 Å². The molecule has 0 aliphatic carbocycles. The molecule has 0 heterocycles. The van der Waals surface area contributed by atoms with Gasteiger partial charge < -0.3 is 0 Å². The Morgan fingerprint density at radius 1 is 1.26 bits per heavy atom. The predicted molar refractivity (Wildman–Crippen MR) is 86.3 cm³/mol. The summed E-state index contributed by atoms with van der Waals surface area (Å²) >= 11 is 0. The summed E-state index contributed by atoms with van der Waals surface area (Å²) in [6, 6.07) is 10.8. The number of benzene rings is 1. The summed E-state index contributed by atoms with van der Waals surface area (Å²) in [6.07, 6.45) is 9.47. The summed E-state index contributed by atoms with van der Waals surface area (Å²) in [7, 11) is 0. The lowest BCUT2D eigenvalue weighted by Gasteiger charge is -2.35. The largest absolute Gasteiger partial charge is 0.0991 e. The maximum Gasteiger partial charge on any atom is 0.0140 e. The van der Waals surface area contributed by atoms with Gasteiger partial charge in [0.25, 0.3) is 0 Å². The maximum atomic E-state index is 3.86. The van der Waals surface area contributed by atoms with E-state index >= 15 is 0 Å². The van der Waals surface area contributed by atoms with Crippen LogP contribution in [0.25, 0.3) is 0 Å². The SMILES string of the molecule is C=C/C=C(\C=C/C)C(c1ccccc1)C(C)(C)CC. The molecule has 102 valence electrons. The van der Waals surface area contributed by atoms with E-state index in [9.17, 15) is 0 Å². The average Bonchev–Trinajstić information content (AvgIpc) is 2.40. The molecule has 1 aromatic carbocycles. The molecule has 0 aromatic heterocycles. The summed E-state index contributed by atoms with van der Waals surface area (Å²) in [5.74, 6) is 0.396. The molecule has 1 rings (SSSR count). The minimum atomic E-state index is 0.218. The van der Waals surface area contributed by atoms with E-state index in [1.165, 1.54) is 11.1 Å². The molecule has 0 fully saturated rings. The van der Waals surface area contributed by atoms with Crippen LogP contribution in [0.4, 0.5) is 0 Å². The number of hydrogen-bond acceptors (Lipinski definition) is 0. The van der Waals surface area contributed by atoms with Gasteiger partial charge in [-0.05, 0) is 23.5 Å². The van der Waals surface area contributed by atoms with Gasteiger partial charge >= 0.3 is 0 Å². The Kier molecular flexibility index (Phi) is 5.82. The van der Waals surface area contributed by atoms with Crippen molar-refractivity contribution in [1.29, 1.82) is 0 Å². The summed E-state index contributed by atoms with van der Waals surface area (Å²) in [6.45, 7) is 12.9. The molecule has 19 heavy (non-hydrogen) atoms. The molecule has 0 amide bonds. The lowest BCUT2D eigenvalue weighted by Crippen LogP contribution is -2.22. The van der Waals surface area contributed by atoms with Gasteiger partial charge in [0, 0.05) is 5.92 Å². The van der Waals surface area contributed by atoms with Crippen molar-refractivity contribution in [1.82, 2.24) is 0 Å². The Balaban J connectivity index is 3.35.